The number of fused-ring (bicyclic) bond motifs is 3. The van der Waals surface area contributed by atoms with Crippen molar-refractivity contribution < 1.29 is 38.8 Å². The van der Waals surface area contributed by atoms with E-state index in [0.29, 0.717) is 17.6 Å². The predicted octanol–water partition coefficient (Wildman–Crippen LogP) is 1.91. The van der Waals surface area contributed by atoms with Crippen molar-refractivity contribution in [1.29, 1.82) is 0 Å². The SMILES string of the molecule is C=C1C(=O)O[C@@H]2/C=C(/C)[C@@H]3CC=C(C[C@@H](OC(=O)/C(C)=C/CO)[C@@H]12)[C@@](O)(C(C)C)C(=O)O3. The topological polar surface area (TPSA) is 119 Å². The largest absolute Gasteiger partial charge is 0.458 e. The zero-order chi connectivity index (χ0) is 23.8. The second-order valence-corrected chi connectivity index (χ2v) is 8.83. The summed E-state index contributed by atoms with van der Waals surface area (Å²) in [6.07, 6.45) is 2.74. The molecule has 2 aliphatic heterocycles. The molecule has 1 saturated heterocycles. The maximum Gasteiger partial charge on any atom is 0.343 e. The van der Waals surface area contributed by atoms with E-state index in [2.05, 4.69) is 6.58 Å². The molecule has 0 aromatic rings. The highest BCUT2D eigenvalue weighted by molar-refractivity contribution is 5.92. The number of carbonyl (C=O) groups excluding carboxylic acids is 3. The zero-order valence-electron chi connectivity index (χ0n) is 18.8. The van der Waals surface area contributed by atoms with Crippen molar-refractivity contribution in [3.63, 3.8) is 0 Å². The van der Waals surface area contributed by atoms with Gasteiger partial charge in [-0.05, 0) is 43.1 Å². The predicted molar refractivity (Wildman–Crippen MR) is 114 cm³/mol. The van der Waals surface area contributed by atoms with Crippen LogP contribution in [0.1, 0.15) is 40.5 Å². The maximum absolute atomic E-state index is 13.0. The minimum absolute atomic E-state index is 0.0155. The highest BCUT2D eigenvalue weighted by atomic mass is 16.6. The van der Waals surface area contributed by atoms with Crippen molar-refractivity contribution in [2.75, 3.05) is 6.61 Å². The van der Waals surface area contributed by atoms with Gasteiger partial charge in [-0.25, -0.2) is 14.4 Å². The molecule has 3 rings (SSSR count). The number of aliphatic hydroxyl groups is 2. The molecule has 1 aliphatic carbocycles. The summed E-state index contributed by atoms with van der Waals surface area (Å²) in [6, 6.07) is 0. The average molecular weight is 446 g/mol. The van der Waals surface area contributed by atoms with Crippen LogP contribution in [0.2, 0.25) is 0 Å². The molecule has 0 aromatic carbocycles. The lowest BCUT2D eigenvalue weighted by Gasteiger charge is -2.34. The van der Waals surface area contributed by atoms with Crippen molar-refractivity contribution >= 4 is 17.9 Å². The van der Waals surface area contributed by atoms with Gasteiger partial charge in [0.2, 0.25) is 0 Å². The molecule has 2 N–H and O–H groups in total. The Morgan fingerprint density at radius 2 is 2.06 bits per heavy atom. The minimum Gasteiger partial charge on any atom is -0.458 e. The Kier molecular flexibility index (Phi) is 6.76. The summed E-state index contributed by atoms with van der Waals surface area (Å²) in [7, 11) is 0. The van der Waals surface area contributed by atoms with Crippen LogP contribution in [0, 0.1) is 11.8 Å². The van der Waals surface area contributed by atoms with Gasteiger partial charge in [0.1, 0.15) is 18.3 Å². The second kappa shape index (κ2) is 9.03. The van der Waals surface area contributed by atoms with Crippen LogP contribution in [0.15, 0.2) is 47.1 Å². The van der Waals surface area contributed by atoms with Gasteiger partial charge < -0.3 is 24.4 Å². The fourth-order valence-corrected chi connectivity index (χ4v) is 4.38. The van der Waals surface area contributed by atoms with E-state index in [9.17, 15) is 19.5 Å². The molecule has 0 spiro atoms. The third-order valence-electron chi connectivity index (χ3n) is 6.46. The van der Waals surface area contributed by atoms with Gasteiger partial charge >= 0.3 is 17.9 Å². The number of hydrogen-bond donors (Lipinski definition) is 2. The Morgan fingerprint density at radius 1 is 1.38 bits per heavy atom. The summed E-state index contributed by atoms with van der Waals surface area (Å²) < 4.78 is 16.9. The standard InChI is InChI=1S/C24H30O8/c1-12(2)24(29)16-6-7-17(32-23(24)28)14(4)10-18-20(15(5)22(27)31-18)19(11-16)30-21(26)13(3)8-9-25/h6,8,10,12,17-20,25,29H,5,7,9,11H2,1-4H3/b13-8+,14-10-/t17-,18+,19+,20-,24-/m0/s1. The normalized spacial score (nSPS) is 34.7. The molecular weight excluding hydrogens is 416 g/mol. The van der Waals surface area contributed by atoms with Crippen LogP contribution in [0.4, 0.5) is 0 Å². The van der Waals surface area contributed by atoms with E-state index in [-0.39, 0.29) is 24.2 Å². The number of esters is 3. The third kappa shape index (κ3) is 4.17. The summed E-state index contributed by atoms with van der Waals surface area (Å²) >= 11 is 0. The smallest absolute Gasteiger partial charge is 0.343 e. The Balaban J connectivity index is 2.13. The van der Waals surface area contributed by atoms with Crippen LogP contribution >= 0.6 is 0 Å². The molecule has 174 valence electrons. The van der Waals surface area contributed by atoms with Crippen LogP contribution in [-0.4, -0.2) is 58.6 Å². The molecule has 0 saturated carbocycles. The van der Waals surface area contributed by atoms with Gasteiger partial charge in [-0.2, -0.15) is 0 Å². The van der Waals surface area contributed by atoms with Gasteiger partial charge in [0, 0.05) is 24.0 Å². The highest BCUT2D eigenvalue weighted by Gasteiger charge is 2.51. The van der Waals surface area contributed by atoms with Crippen LogP contribution in [0.25, 0.3) is 0 Å². The lowest BCUT2D eigenvalue weighted by Crippen LogP contribution is -2.48. The Morgan fingerprint density at radius 3 is 2.69 bits per heavy atom. The van der Waals surface area contributed by atoms with Crippen molar-refractivity contribution in [3.05, 3.63) is 47.1 Å². The van der Waals surface area contributed by atoms with Gasteiger partial charge in [0.05, 0.1) is 12.5 Å². The second-order valence-electron chi connectivity index (χ2n) is 8.83. The van der Waals surface area contributed by atoms with Crippen molar-refractivity contribution in [2.24, 2.45) is 11.8 Å². The van der Waals surface area contributed by atoms with Crippen LogP contribution in [0.5, 0.6) is 0 Å². The molecule has 32 heavy (non-hydrogen) atoms. The number of rotatable bonds is 4. The first-order valence-electron chi connectivity index (χ1n) is 10.7. The van der Waals surface area contributed by atoms with E-state index in [1.165, 1.54) is 13.0 Å². The zero-order valence-corrected chi connectivity index (χ0v) is 18.8. The molecule has 0 aromatic heterocycles. The summed E-state index contributed by atoms with van der Waals surface area (Å²) in [5, 5.41) is 20.5. The number of ether oxygens (including phenoxy) is 3. The molecule has 3 aliphatic rings. The maximum atomic E-state index is 13.0. The van der Waals surface area contributed by atoms with E-state index in [1.54, 1.807) is 32.9 Å². The molecule has 0 unspecified atom stereocenters. The van der Waals surface area contributed by atoms with Crippen LogP contribution in [0.3, 0.4) is 0 Å². The summed E-state index contributed by atoms with van der Waals surface area (Å²) in [6.45, 7) is 10.2. The molecule has 1 fully saturated rings. The fraction of sp³-hybridized carbons (Fsp3) is 0.542. The number of hydrogen-bond acceptors (Lipinski definition) is 8. The first-order valence-corrected chi connectivity index (χ1v) is 10.7. The van der Waals surface area contributed by atoms with Crippen molar-refractivity contribution in [1.82, 2.24) is 0 Å². The molecule has 8 nitrogen and oxygen atoms in total. The number of aliphatic hydroxyl groups excluding tert-OH is 1. The first kappa shape index (κ1) is 23.9. The summed E-state index contributed by atoms with van der Waals surface area (Å²) in [5.74, 6) is -3.27. The van der Waals surface area contributed by atoms with E-state index in [1.807, 2.05) is 0 Å². The molecule has 0 radical (unpaired) electrons. The monoisotopic (exact) mass is 446 g/mol. The highest BCUT2D eigenvalue weighted by Crippen LogP contribution is 2.42. The Hall–Kier alpha value is -2.71. The molecule has 2 heterocycles. The molecule has 2 bridgehead atoms. The lowest BCUT2D eigenvalue weighted by atomic mass is 9.77. The quantitative estimate of drug-likeness (QED) is 0.291. The first-order chi connectivity index (χ1) is 15.0. The molecule has 0 amide bonds. The van der Waals surface area contributed by atoms with Crippen LogP contribution in [-0.2, 0) is 28.6 Å². The van der Waals surface area contributed by atoms with Gasteiger partial charge in [0.25, 0.3) is 0 Å². The van der Waals surface area contributed by atoms with Crippen molar-refractivity contribution in [2.45, 2.75) is 64.4 Å². The Bertz CT molecular complexity index is 924. The van der Waals surface area contributed by atoms with E-state index in [0.717, 1.165) is 0 Å². The van der Waals surface area contributed by atoms with E-state index < -0.39 is 53.7 Å². The molecule has 5 atom stereocenters. The van der Waals surface area contributed by atoms with E-state index in [4.69, 9.17) is 19.3 Å². The van der Waals surface area contributed by atoms with E-state index >= 15 is 0 Å². The number of carbonyl (C=O) groups is 3. The van der Waals surface area contributed by atoms with Crippen LogP contribution < -0.4 is 0 Å². The Labute approximate surface area is 187 Å². The molecule has 8 heteroatoms. The van der Waals surface area contributed by atoms with Gasteiger partial charge in [-0.15, -0.1) is 0 Å². The minimum atomic E-state index is -1.92. The molecular formula is C24H30O8. The summed E-state index contributed by atoms with van der Waals surface area (Å²) in [5.41, 5.74) is -0.556. The van der Waals surface area contributed by atoms with Gasteiger partial charge in [-0.3, -0.25) is 0 Å². The fourth-order valence-electron chi connectivity index (χ4n) is 4.38. The lowest BCUT2D eigenvalue weighted by molar-refractivity contribution is -0.168. The van der Waals surface area contributed by atoms with Crippen molar-refractivity contribution in [3.8, 4) is 0 Å². The van der Waals surface area contributed by atoms with Gasteiger partial charge in [-0.1, -0.05) is 26.5 Å². The summed E-state index contributed by atoms with van der Waals surface area (Å²) in [4.78, 5) is 38.1. The van der Waals surface area contributed by atoms with Gasteiger partial charge in [0.15, 0.2) is 5.60 Å². The third-order valence-corrected chi connectivity index (χ3v) is 6.46. The average Bonchev–Trinajstić information content (AvgIpc) is 2.92.